The Morgan fingerprint density at radius 1 is 1.26 bits per heavy atom. The van der Waals surface area contributed by atoms with E-state index < -0.39 is 5.41 Å². The molecule has 1 aromatic carbocycles. The van der Waals surface area contributed by atoms with Crippen molar-refractivity contribution in [3.8, 4) is 11.4 Å². The molecule has 0 fully saturated rings. The predicted molar refractivity (Wildman–Crippen MR) is 130 cm³/mol. The zero-order chi connectivity index (χ0) is 24.6. The molecule has 1 N–H and O–H groups in total. The van der Waals surface area contributed by atoms with E-state index in [1.54, 1.807) is 4.57 Å². The molecule has 1 unspecified atom stereocenters. The molecule has 2 aromatic heterocycles. The molecule has 35 heavy (non-hydrogen) atoms. The second-order valence-electron chi connectivity index (χ2n) is 10.4. The van der Waals surface area contributed by atoms with E-state index in [4.69, 9.17) is 9.72 Å². The number of aromatic nitrogens is 2. The van der Waals surface area contributed by atoms with Crippen LogP contribution in [0.15, 0.2) is 16.9 Å². The summed E-state index contributed by atoms with van der Waals surface area (Å²) in [6.45, 7) is 6.08. The molecular weight excluding hydrogens is 447 g/mol. The minimum absolute atomic E-state index is 0.0187. The van der Waals surface area contributed by atoms with Gasteiger partial charge < -0.3 is 14.4 Å². The van der Waals surface area contributed by atoms with Crippen molar-refractivity contribution >= 4 is 16.9 Å². The van der Waals surface area contributed by atoms with Gasteiger partial charge in [0, 0.05) is 23.6 Å². The first-order valence-corrected chi connectivity index (χ1v) is 12.5. The van der Waals surface area contributed by atoms with Crippen molar-refractivity contribution < 1.29 is 19.0 Å². The number of rotatable bonds is 4. The van der Waals surface area contributed by atoms with Gasteiger partial charge in [0.1, 0.15) is 12.4 Å². The second kappa shape index (κ2) is 7.72. The molecule has 2 atom stereocenters. The molecule has 3 aromatic rings. The third-order valence-electron chi connectivity index (χ3n) is 8.67. The Morgan fingerprint density at radius 2 is 2.06 bits per heavy atom. The number of nitrogens with zero attached hydrogens (tertiary/aromatic N) is 2. The first kappa shape index (κ1) is 22.4. The molecule has 0 bridgehead atoms. The van der Waals surface area contributed by atoms with Crippen molar-refractivity contribution in [2.75, 3.05) is 6.61 Å². The lowest BCUT2D eigenvalue weighted by Crippen LogP contribution is -2.42. The normalized spacial score (nSPS) is 22.1. The van der Waals surface area contributed by atoms with Crippen LogP contribution >= 0.6 is 0 Å². The van der Waals surface area contributed by atoms with Gasteiger partial charge in [0.05, 0.1) is 34.4 Å². The maximum absolute atomic E-state index is 14.9. The van der Waals surface area contributed by atoms with E-state index in [1.807, 2.05) is 26.8 Å². The molecule has 0 saturated heterocycles. The Bertz CT molecular complexity index is 1490. The lowest BCUT2D eigenvalue weighted by atomic mass is 9.76. The molecule has 6 nitrogen and oxygen atoms in total. The molecule has 4 heterocycles. The Morgan fingerprint density at radius 3 is 2.80 bits per heavy atom. The summed E-state index contributed by atoms with van der Waals surface area (Å²) < 4.78 is 22.1. The van der Waals surface area contributed by atoms with Crippen molar-refractivity contribution in [2.45, 2.75) is 77.4 Å². The van der Waals surface area contributed by atoms with E-state index in [9.17, 15) is 19.1 Å². The third-order valence-corrected chi connectivity index (χ3v) is 8.67. The number of esters is 1. The number of pyridine rings is 2. The standard InChI is InChI=1S/C28H29FN2O4/c1-4-28(3)19-10-22-25-17(12-31(22)26(33)18(19)13-35-27(28)34)23-15(6-5-9-32)7-8-16-14(2)20(29)11-21(30-25)24(16)23/h10-11,15,32H,4-9,12-13H2,1-3H3/t15?,28-/m1/s1. The van der Waals surface area contributed by atoms with Gasteiger partial charge in [0.15, 0.2) is 0 Å². The second-order valence-corrected chi connectivity index (χ2v) is 10.4. The van der Waals surface area contributed by atoms with Crippen molar-refractivity contribution in [3.63, 3.8) is 0 Å². The van der Waals surface area contributed by atoms with Crippen LogP contribution in [-0.2, 0) is 34.5 Å². The molecule has 0 amide bonds. The first-order valence-electron chi connectivity index (χ1n) is 12.5. The topological polar surface area (TPSA) is 81.4 Å². The minimum atomic E-state index is -0.893. The molecule has 6 rings (SSSR count). The van der Waals surface area contributed by atoms with E-state index in [2.05, 4.69) is 0 Å². The summed E-state index contributed by atoms with van der Waals surface area (Å²) in [4.78, 5) is 31.3. The number of carbonyl (C=O) groups excluding carboxylic acids is 1. The zero-order valence-electron chi connectivity index (χ0n) is 20.3. The summed E-state index contributed by atoms with van der Waals surface area (Å²) in [5, 5.41) is 10.5. The van der Waals surface area contributed by atoms with Crippen molar-refractivity contribution in [1.29, 1.82) is 0 Å². The van der Waals surface area contributed by atoms with Gasteiger partial charge in [-0.25, -0.2) is 9.37 Å². The molecule has 0 spiro atoms. The van der Waals surface area contributed by atoms with Gasteiger partial charge in [-0.15, -0.1) is 0 Å². The fourth-order valence-electron chi connectivity index (χ4n) is 6.44. The van der Waals surface area contributed by atoms with Crippen LogP contribution in [0.5, 0.6) is 0 Å². The summed E-state index contributed by atoms with van der Waals surface area (Å²) >= 11 is 0. The molecule has 2 aliphatic heterocycles. The number of ether oxygens (including phenoxy) is 1. The van der Waals surface area contributed by atoms with E-state index in [0.717, 1.165) is 41.3 Å². The van der Waals surface area contributed by atoms with Crippen LogP contribution in [0.3, 0.4) is 0 Å². The van der Waals surface area contributed by atoms with Gasteiger partial charge in [-0.3, -0.25) is 9.59 Å². The van der Waals surface area contributed by atoms with Crippen LogP contribution in [0.4, 0.5) is 4.39 Å². The maximum Gasteiger partial charge on any atom is 0.316 e. The van der Waals surface area contributed by atoms with Crippen LogP contribution in [0.2, 0.25) is 0 Å². The number of cyclic esters (lactones) is 1. The fraction of sp³-hybridized carbons (Fsp3) is 0.464. The van der Waals surface area contributed by atoms with Gasteiger partial charge in [-0.1, -0.05) is 6.92 Å². The summed E-state index contributed by atoms with van der Waals surface area (Å²) in [5.74, 6) is -0.367. The quantitative estimate of drug-likeness (QED) is 0.442. The number of hydrogen-bond acceptors (Lipinski definition) is 5. The number of aryl methyl sites for hydroxylation is 1. The number of halogens is 1. The molecule has 0 saturated carbocycles. The van der Waals surface area contributed by atoms with Crippen LogP contribution in [-0.4, -0.2) is 27.2 Å². The Hall–Kier alpha value is -3.06. The van der Waals surface area contributed by atoms with Crippen LogP contribution in [0.25, 0.3) is 22.3 Å². The summed E-state index contributed by atoms with van der Waals surface area (Å²) in [6.07, 6.45) is 3.69. The fourth-order valence-corrected chi connectivity index (χ4v) is 6.44. The average Bonchev–Trinajstić information content (AvgIpc) is 3.22. The molecule has 182 valence electrons. The van der Waals surface area contributed by atoms with Crippen LogP contribution < -0.4 is 5.56 Å². The monoisotopic (exact) mass is 476 g/mol. The Balaban J connectivity index is 1.66. The van der Waals surface area contributed by atoms with Crippen LogP contribution in [0.1, 0.15) is 78.8 Å². The maximum atomic E-state index is 14.9. The molecule has 7 heteroatoms. The summed E-state index contributed by atoms with van der Waals surface area (Å²) in [7, 11) is 0. The smallest absolute Gasteiger partial charge is 0.316 e. The largest absolute Gasteiger partial charge is 0.460 e. The predicted octanol–water partition coefficient (Wildman–Crippen LogP) is 4.40. The first-order chi connectivity index (χ1) is 16.8. The van der Waals surface area contributed by atoms with E-state index in [-0.39, 0.29) is 36.5 Å². The Labute approximate surface area is 202 Å². The van der Waals surface area contributed by atoms with Gasteiger partial charge in [-0.05, 0) is 80.2 Å². The highest BCUT2D eigenvalue weighted by Gasteiger charge is 2.43. The van der Waals surface area contributed by atoms with Gasteiger partial charge in [0.25, 0.3) is 5.56 Å². The third kappa shape index (κ3) is 2.94. The number of aliphatic hydroxyl groups excluding tert-OH is 1. The molecule has 3 aliphatic rings. The zero-order valence-corrected chi connectivity index (χ0v) is 20.3. The minimum Gasteiger partial charge on any atom is -0.460 e. The van der Waals surface area contributed by atoms with Gasteiger partial charge >= 0.3 is 5.97 Å². The lowest BCUT2D eigenvalue weighted by molar-refractivity contribution is -0.153. The van der Waals surface area contributed by atoms with Gasteiger partial charge in [-0.2, -0.15) is 0 Å². The SMILES string of the molecule is CC[C@@]1(C)C(=O)OCc2c1cc1n(c2=O)Cc2c-1nc1cc(F)c(C)c3c1c2C(CCCO)CC3. The van der Waals surface area contributed by atoms with Gasteiger partial charge in [0.2, 0.25) is 0 Å². The van der Waals surface area contributed by atoms with Crippen molar-refractivity contribution in [1.82, 2.24) is 9.55 Å². The number of benzene rings is 1. The highest BCUT2D eigenvalue weighted by molar-refractivity contribution is 5.93. The number of carbonyl (C=O) groups is 1. The number of fused-ring (bicyclic) bond motifs is 5. The molecule has 1 aliphatic carbocycles. The summed E-state index contributed by atoms with van der Waals surface area (Å²) in [5.41, 5.74) is 6.03. The average molecular weight is 477 g/mol. The lowest BCUT2D eigenvalue weighted by Gasteiger charge is -2.33. The van der Waals surface area contributed by atoms with Crippen molar-refractivity contribution in [3.05, 3.63) is 61.7 Å². The summed E-state index contributed by atoms with van der Waals surface area (Å²) in [6, 6.07) is 3.45. The van der Waals surface area contributed by atoms with E-state index in [1.165, 1.54) is 6.07 Å². The van der Waals surface area contributed by atoms with E-state index >= 15 is 0 Å². The molecule has 0 radical (unpaired) electrons. The van der Waals surface area contributed by atoms with E-state index in [0.29, 0.717) is 53.0 Å². The highest BCUT2D eigenvalue weighted by atomic mass is 19.1. The number of aliphatic hydroxyl groups is 1. The van der Waals surface area contributed by atoms with Crippen molar-refractivity contribution in [2.24, 2.45) is 0 Å². The van der Waals surface area contributed by atoms with Crippen LogP contribution in [0, 0.1) is 12.7 Å². The number of hydrogen-bond donors (Lipinski definition) is 1. The molecular formula is C28H29FN2O4. The highest BCUT2D eigenvalue weighted by Crippen LogP contribution is 2.47. The Kier molecular flexibility index (Phi) is 4.94.